The molecule has 2 rings (SSSR count). The molecule has 108 valence electrons. The highest BCUT2D eigenvalue weighted by atomic mass is 16.4. The molecule has 0 aliphatic carbocycles. The first-order chi connectivity index (χ1) is 9.49. The zero-order chi connectivity index (χ0) is 14.7. The zero-order valence-electron chi connectivity index (χ0n) is 11.8. The molecule has 1 fully saturated rings. The number of carboxylic acids is 1. The third kappa shape index (κ3) is 3.10. The van der Waals surface area contributed by atoms with Gasteiger partial charge in [-0.05, 0) is 56.9 Å². The molecule has 1 aromatic rings. The highest BCUT2D eigenvalue weighted by Crippen LogP contribution is 2.19. The summed E-state index contributed by atoms with van der Waals surface area (Å²) in [5.74, 6) is -0.954. The van der Waals surface area contributed by atoms with Crippen LogP contribution in [0, 0.1) is 6.92 Å². The molecule has 0 radical (unpaired) electrons. The van der Waals surface area contributed by atoms with Gasteiger partial charge in [0.2, 0.25) is 0 Å². The second-order valence-corrected chi connectivity index (χ2v) is 5.30. The summed E-state index contributed by atoms with van der Waals surface area (Å²) >= 11 is 0. The first-order valence-electron chi connectivity index (χ1n) is 6.90. The maximum Gasteiger partial charge on any atom is 0.335 e. The smallest absolute Gasteiger partial charge is 0.335 e. The second kappa shape index (κ2) is 5.94. The summed E-state index contributed by atoms with van der Waals surface area (Å²) in [6, 6.07) is 4.98. The molecule has 20 heavy (non-hydrogen) atoms. The number of aromatic carboxylic acids is 1. The quantitative estimate of drug-likeness (QED) is 0.872. The number of hydrogen-bond acceptors (Lipinski definition) is 2. The first-order valence-corrected chi connectivity index (χ1v) is 6.90. The number of anilines is 1. The molecule has 0 bridgehead atoms. The number of aryl methyl sites for hydroxylation is 1. The predicted octanol–water partition coefficient (Wildman–Crippen LogP) is 3.10. The average Bonchev–Trinajstić information content (AvgIpc) is 2.38. The molecule has 0 aromatic heterocycles. The highest BCUT2D eigenvalue weighted by Gasteiger charge is 2.23. The molecule has 2 amide bonds. The largest absolute Gasteiger partial charge is 0.478 e. The number of rotatable bonds is 2. The van der Waals surface area contributed by atoms with Gasteiger partial charge in [-0.3, -0.25) is 0 Å². The van der Waals surface area contributed by atoms with Gasteiger partial charge in [-0.15, -0.1) is 0 Å². The van der Waals surface area contributed by atoms with Crippen molar-refractivity contribution in [2.45, 2.75) is 39.2 Å². The van der Waals surface area contributed by atoms with Crippen LogP contribution < -0.4 is 5.32 Å². The molecule has 1 saturated heterocycles. The molecule has 1 atom stereocenters. The molecule has 1 aliphatic rings. The minimum atomic E-state index is -0.954. The fourth-order valence-electron chi connectivity index (χ4n) is 2.58. The van der Waals surface area contributed by atoms with Crippen molar-refractivity contribution in [3.8, 4) is 0 Å². The Balaban J connectivity index is 2.08. The Kier molecular flexibility index (Phi) is 4.27. The number of hydrogen-bond donors (Lipinski definition) is 2. The van der Waals surface area contributed by atoms with E-state index >= 15 is 0 Å². The minimum absolute atomic E-state index is 0.111. The van der Waals surface area contributed by atoms with E-state index in [0.29, 0.717) is 11.3 Å². The van der Waals surface area contributed by atoms with Crippen LogP contribution >= 0.6 is 0 Å². The first kappa shape index (κ1) is 14.4. The molecular weight excluding hydrogens is 256 g/mol. The molecule has 2 N–H and O–H groups in total. The van der Waals surface area contributed by atoms with Crippen molar-refractivity contribution in [1.29, 1.82) is 0 Å². The van der Waals surface area contributed by atoms with Crippen LogP contribution in [-0.4, -0.2) is 34.6 Å². The number of benzene rings is 1. The van der Waals surface area contributed by atoms with E-state index in [1.807, 2.05) is 4.90 Å². The summed E-state index contributed by atoms with van der Waals surface area (Å²) in [4.78, 5) is 25.0. The van der Waals surface area contributed by atoms with Gasteiger partial charge in [0.05, 0.1) is 5.56 Å². The van der Waals surface area contributed by atoms with E-state index in [9.17, 15) is 9.59 Å². The van der Waals surface area contributed by atoms with Crippen molar-refractivity contribution in [3.05, 3.63) is 29.3 Å². The normalized spacial score (nSPS) is 18.7. The van der Waals surface area contributed by atoms with Crippen molar-refractivity contribution in [2.24, 2.45) is 0 Å². The van der Waals surface area contributed by atoms with Gasteiger partial charge in [-0.1, -0.05) is 0 Å². The Morgan fingerprint density at radius 3 is 2.70 bits per heavy atom. The summed E-state index contributed by atoms with van der Waals surface area (Å²) in [7, 11) is 0. The van der Waals surface area contributed by atoms with Gasteiger partial charge in [0.25, 0.3) is 0 Å². The molecule has 5 heteroatoms. The lowest BCUT2D eigenvalue weighted by Gasteiger charge is -2.33. The molecular formula is C15H20N2O3. The fraction of sp³-hybridized carbons (Fsp3) is 0.467. The predicted molar refractivity (Wildman–Crippen MR) is 77.2 cm³/mol. The maximum absolute atomic E-state index is 12.2. The van der Waals surface area contributed by atoms with E-state index < -0.39 is 5.97 Å². The Morgan fingerprint density at radius 1 is 1.35 bits per heavy atom. The van der Waals surface area contributed by atoms with Gasteiger partial charge in [-0.25, -0.2) is 9.59 Å². The number of carboxylic acid groups (broad SMARTS) is 1. The van der Waals surface area contributed by atoms with E-state index in [-0.39, 0.29) is 17.6 Å². The van der Waals surface area contributed by atoms with Crippen LogP contribution in [0.2, 0.25) is 0 Å². The standard InChI is InChI=1S/C15H20N2O3/c1-10-9-12(6-7-13(10)14(18)19)16-15(20)17-8-4-3-5-11(17)2/h6-7,9,11H,3-5,8H2,1-2H3,(H,16,20)(H,18,19). The number of likely N-dealkylation sites (tertiary alicyclic amines) is 1. The lowest BCUT2D eigenvalue weighted by atomic mass is 10.0. The van der Waals surface area contributed by atoms with Crippen LogP contribution in [0.3, 0.4) is 0 Å². The lowest BCUT2D eigenvalue weighted by Crippen LogP contribution is -2.44. The van der Waals surface area contributed by atoms with E-state index in [0.717, 1.165) is 25.8 Å². The van der Waals surface area contributed by atoms with Crippen LogP contribution in [0.15, 0.2) is 18.2 Å². The SMILES string of the molecule is Cc1cc(NC(=O)N2CCCCC2C)ccc1C(=O)O. The third-order valence-corrected chi connectivity index (χ3v) is 3.77. The molecule has 0 saturated carbocycles. The molecule has 5 nitrogen and oxygen atoms in total. The molecule has 1 heterocycles. The van der Waals surface area contributed by atoms with E-state index in [2.05, 4.69) is 12.2 Å². The summed E-state index contributed by atoms with van der Waals surface area (Å²) in [6.45, 7) is 4.55. The van der Waals surface area contributed by atoms with Gasteiger partial charge in [0.1, 0.15) is 0 Å². The van der Waals surface area contributed by atoms with Crippen molar-refractivity contribution in [1.82, 2.24) is 4.90 Å². The van der Waals surface area contributed by atoms with Gasteiger partial charge in [0.15, 0.2) is 0 Å². The molecule has 1 unspecified atom stereocenters. The summed E-state index contributed by atoms with van der Waals surface area (Å²) < 4.78 is 0. The zero-order valence-corrected chi connectivity index (χ0v) is 11.8. The number of nitrogens with one attached hydrogen (secondary N) is 1. The Hall–Kier alpha value is -2.04. The van der Waals surface area contributed by atoms with Crippen molar-refractivity contribution >= 4 is 17.7 Å². The molecule has 0 spiro atoms. The highest BCUT2D eigenvalue weighted by molar-refractivity contribution is 5.93. The topological polar surface area (TPSA) is 69.6 Å². The summed E-state index contributed by atoms with van der Waals surface area (Å²) in [5.41, 5.74) is 1.53. The van der Waals surface area contributed by atoms with Crippen LogP contribution in [0.4, 0.5) is 10.5 Å². The van der Waals surface area contributed by atoms with Gasteiger partial charge in [0, 0.05) is 18.3 Å². The Labute approximate surface area is 118 Å². The van der Waals surface area contributed by atoms with Crippen molar-refractivity contribution in [2.75, 3.05) is 11.9 Å². The minimum Gasteiger partial charge on any atom is -0.478 e. The Morgan fingerprint density at radius 2 is 2.10 bits per heavy atom. The van der Waals surface area contributed by atoms with Crippen LogP contribution in [0.5, 0.6) is 0 Å². The van der Waals surface area contributed by atoms with E-state index in [4.69, 9.17) is 5.11 Å². The molecule has 1 aromatic carbocycles. The van der Waals surface area contributed by atoms with Crippen molar-refractivity contribution in [3.63, 3.8) is 0 Å². The third-order valence-electron chi connectivity index (χ3n) is 3.77. The van der Waals surface area contributed by atoms with Crippen LogP contribution in [0.1, 0.15) is 42.1 Å². The summed E-state index contributed by atoms with van der Waals surface area (Å²) in [6.07, 6.45) is 3.23. The average molecular weight is 276 g/mol. The fourth-order valence-corrected chi connectivity index (χ4v) is 2.58. The number of amides is 2. The van der Waals surface area contributed by atoms with E-state index in [1.165, 1.54) is 6.07 Å². The number of urea groups is 1. The number of piperidine rings is 1. The van der Waals surface area contributed by atoms with Crippen molar-refractivity contribution < 1.29 is 14.7 Å². The van der Waals surface area contributed by atoms with Gasteiger partial charge >= 0.3 is 12.0 Å². The van der Waals surface area contributed by atoms with Gasteiger partial charge < -0.3 is 15.3 Å². The van der Waals surface area contributed by atoms with Crippen LogP contribution in [-0.2, 0) is 0 Å². The summed E-state index contributed by atoms with van der Waals surface area (Å²) in [5, 5.41) is 11.8. The van der Waals surface area contributed by atoms with Gasteiger partial charge in [-0.2, -0.15) is 0 Å². The maximum atomic E-state index is 12.2. The second-order valence-electron chi connectivity index (χ2n) is 5.30. The lowest BCUT2D eigenvalue weighted by molar-refractivity contribution is 0.0696. The monoisotopic (exact) mass is 276 g/mol. The van der Waals surface area contributed by atoms with Crippen LogP contribution in [0.25, 0.3) is 0 Å². The Bertz CT molecular complexity index is 528. The number of carbonyl (C=O) groups excluding carboxylic acids is 1. The number of carbonyl (C=O) groups is 2. The molecule has 1 aliphatic heterocycles. The van der Waals surface area contributed by atoms with E-state index in [1.54, 1.807) is 19.1 Å². The number of nitrogens with zero attached hydrogens (tertiary/aromatic N) is 1.